The summed E-state index contributed by atoms with van der Waals surface area (Å²) in [7, 11) is 0. The molecule has 0 radical (unpaired) electrons. The average molecular weight is 486 g/mol. The summed E-state index contributed by atoms with van der Waals surface area (Å²) >= 11 is 0. The van der Waals surface area contributed by atoms with Gasteiger partial charge in [-0.2, -0.15) is 13.2 Å². The number of carboxylic acid groups (broad SMARTS) is 1. The van der Waals surface area contributed by atoms with Gasteiger partial charge in [0.2, 0.25) is 0 Å². The first-order valence-corrected chi connectivity index (χ1v) is 11.3. The summed E-state index contributed by atoms with van der Waals surface area (Å²) in [6.45, 7) is 5.23. The molecule has 0 aliphatic carbocycles. The summed E-state index contributed by atoms with van der Waals surface area (Å²) in [6.07, 6.45) is -6.91. The number of carbonyl (C=O) groups is 3. The molecule has 1 atom stereocenters. The number of halogens is 3. The Morgan fingerprint density at radius 3 is 2.24 bits per heavy atom. The normalized spacial score (nSPS) is 19.1. The monoisotopic (exact) mass is 485 g/mol. The molecule has 11 heteroatoms. The summed E-state index contributed by atoms with van der Waals surface area (Å²) in [5.41, 5.74) is 2.31. The van der Waals surface area contributed by atoms with E-state index in [2.05, 4.69) is 4.74 Å². The average Bonchev–Trinajstić information content (AvgIpc) is 2.79. The predicted molar refractivity (Wildman–Crippen MR) is 116 cm³/mol. The molecule has 2 aliphatic rings. The number of hydrogen-bond acceptors (Lipinski definition) is 5. The number of carboxylic acids is 1. The minimum absolute atomic E-state index is 0.133. The Kier molecular flexibility index (Phi) is 8.06. The highest BCUT2D eigenvalue weighted by atomic mass is 19.4. The van der Waals surface area contributed by atoms with Crippen LogP contribution >= 0.6 is 0 Å². The lowest BCUT2D eigenvalue weighted by molar-refractivity contribution is -0.200. The second kappa shape index (κ2) is 10.6. The molecule has 1 unspecified atom stereocenters. The third-order valence-electron chi connectivity index (χ3n) is 6.39. The minimum Gasteiger partial charge on any atom is -0.481 e. The summed E-state index contributed by atoms with van der Waals surface area (Å²) in [4.78, 5) is 41.4. The van der Waals surface area contributed by atoms with Gasteiger partial charge in [-0.1, -0.05) is 17.7 Å². The minimum atomic E-state index is -4.60. The highest BCUT2D eigenvalue weighted by molar-refractivity contribution is 5.96. The summed E-state index contributed by atoms with van der Waals surface area (Å²) < 4.78 is 42.4. The van der Waals surface area contributed by atoms with E-state index in [9.17, 15) is 32.7 Å². The zero-order valence-corrected chi connectivity index (χ0v) is 19.3. The van der Waals surface area contributed by atoms with Gasteiger partial charge in [-0.3, -0.25) is 14.5 Å². The van der Waals surface area contributed by atoms with E-state index in [4.69, 9.17) is 0 Å². The number of rotatable bonds is 5. The van der Waals surface area contributed by atoms with Gasteiger partial charge in [-0.05, 0) is 38.3 Å². The fourth-order valence-electron chi connectivity index (χ4n) is 4.15. The number of amides is 2. The van der Waals surface area contributed by atoms with Crippen molar-refractivity contribution in [1.29, 1.82) is 0 Å². The van der Waals surface area contributed by atoms with Crippen molar-refractivity contribution in [3.8, 4) is 0 Å². The van der Waals surface area contributed by atoms with Crippen LogP contribution in [0.5, 0.6) is 0 Å². The summed E-state index contributed by atoms with van der Waals surface area (Å²) in [5.74, 6) is -1.40. The van der Waals surface area contributed by atoms with Crippen molar-refractivity contribution in [3.05, 3.63) is 34.9 Å². The van der Waals surface area contributed by atoms with Crippen LogP contribution in [-0.2, 0) is 16.1 Å². The lowest BCUT2D eigenvalue weighted by Crippen LogP contribution is -2.49. The van der Waals surface area contributed by atoms with E-state index >= 15 is 0 Å². The second-order valence-corrected chi connectivity index (χ2v) is 8.90. The van der Waals surface area contributed by atoms with Crippen molar-refractivity contribution in [3.63, 3.8) is 0 Å². The molecule has 2 fully saturated rings. The Hall–Kier alpha value is -2.82. The Morgan fingerprint density at radius 1 is 1.06 bits per heavy atom. The summed E-state index contributed by atoms with van der Waals surface area (Å²) in [6, 6.07) is 5.63. The zero-order chi connectivity index (χ0) is 25.0. The molecule has 0 aromatic heterocycles. The van der Waals surface area contributed by atoms with Crippen molar-refractivity contribution >= 4 is 18.0 Å². The van der Waals surface area contributed by atoms with Crippen molar-refractivity contribution < 1.29 is 37.4 Å². The van der Waals surface area contributed by atoms with Gasteiger partial charge >= 0.3 is 18.2 Å². The predicted octanol–water partition coefficient (Wildman–Crippen LogP) is 3.14. The first kappa shape index (κ1) is 25.8. The quantitative estimate of drug-likeness (QED) is 0.689. The number of aryl methyl sites for hydroxylation is 1. The fourth-order valence-corrected chi connectivity index (χ4v) is 4.15. The third-order valence-corrected chi connectivity index (χ3v) is 6.39. The first-order chi connectivity index (χ1) is 16.0. The first-order valence-electron chi connectivity index (χ1n) is 11.3. The molecule has 2 aliphatic heterocycles. The Bertz CT molecular complexity index is 908. The Labute approximate surface area is 196 Å². The molecule has 0 spiro atoms. The Morgan fingerprint density at radius 2 is 1.68 bits per heavy atom. The number of alkyl halides is 3. The molecule has 0 bridgehead atoms. The van der Waals surface area contributed by atoms with E-state index in [1.807, 2.05) is 30.0 Å². The molecule has 1 N–H and O–H groups in total. The highest BCUT2D eigenvalue weighted by Gasteiger charge is 2.40. The lowest BCUT2D eigenvalue weighted by atomic mass is 9.95. The third kappa shape index (κ3) is 6.40. The van der Waals surface area contributed by atoms with Crippen LogP contribution in [-0.4, -0.2) is 89.3 Å². The number of carbonyl (C=O) groups excluding carboxylic acids is 2. The van der Waals surface area contributed by atoms with Gasteiger partial charge in [0.05, 0.1) is 5.92 Å². The van der Waals surface area contributed by atoms with Crippen LogP contribution in [0.4, 0.5) is 18.0 Å². The van der Waals surface area contributed by atoms with E-state index in [1.54, 1.807) is 4.90 Å². The van der Waals surface area contributed by atoms with E-state index in [-0.39, 0.29) is 19.0 Å². The lowest BCUT2D eigenvalue weighted by Gasteiger charge is -2.35. The molecule has 188 valence electrons. The Balaban J connectivity index is 1.59. The van der Waals surface area contributed by atoms with Crippen molar-refractivity contribution in [2.24, 2.45) is 5.92 Å². The van der Waals surface area contributed by atoms with Crippen LogP contribution < -0.4 is 0 Å². The van der Waals surface area contributed by atoms with Crippen LogP contribution in [0.25, 0.3) is 0 Å². The molecule has 2 heterocycles. The number of piperidine rings is 1. The molecule has 8 nitrogen and oxygen atoms in total. The number of piperazine rings is 1. The molecular formula is C23H30F3N3O5. The number of nitrogens with zero attached hydrogens (tertiary/aromatic N) is 3. The van der Waals surface area contributed by atoms with E-state index < -0.39 is 30.3 Å². The second-order valence-electron chi connectivity index (χ2n) is 8.90. The maximum Gasteiger partial charge on any atom is 0.425 e. The fraction of sp³-hybridized carbons (Fsp3) is 0.609. The molecule has 1 aromatic rings. The number of ether oxygens (including phenoxy) is 1. The van der Waals surface area contributed by atoms with Gasteiger partial charge < -0.3 is 19.6 Å². The van der Waals surface area contributed by atoms with Crippen LogP contribution in [0.2, 0.25) is 0 Å². The van der Waals surface area contributed by atoms with Crippen molar-refractivity contribution in [2.45, 2.75) is 45.5 Å². The van der Waals surface area contributed by atoms with Crippen molar-refractivity contribution in [1.82, 2.24) is 14.7 Å². The van der Waals surface area contributed by atoms with Gasteiger partial charge in [0.15, 0.2) is 6.10 Å². The standard InChI is InChI=1S/C23H30F3N3O5/c1-15-3-4-18(19(13-15)20(30)28-7-5-17(6-8-28)21(31)32)14-27-9-11-29(12-10-27)22(33)34-16(2)23(24,25)26/h3-4,13,16-17H,5-12,14H2,1-2H3,(H,31,32). The smallest absolute Gasteiger partial charge is 0.425 e. The number of likely N-dealkylation sites (tertiary alicyclic amines) is 1. The number of hydrogen-bond donors (Lipinski definition) is 1. The van der Waals surface area contributed by atoms with Gasteiger partial charge in [-0.15, -0.1) is 0 Å². The maximum atomic E-state index is 13.2. The maximum absolute atomic E-state index is 13.2. The molecular weight excluding hydrogens is 455 g/mol. The number of benzene rings is 1. The molecule has 34 heavy (non-hydrogen) atoms. The highest BCUT2D eigenvalue weighted by Crippen LogP contribution is 2.24. The molecule has 3 rings (SSSR count). The largest absolute Gasteiger partial charge is 0.481 e. The van der Waals surface area contributed by atoms with E-state index in [0.717, 1.165) is 18.1 Å². The van der Waals surface area contributed by atoms with Gasteiger partial charge in [0.25, 0.3) is 5.91 Å². The van der Waals surface area contributed by atoms with E-state index in [1.165, 1.54) is 4.90 Å². The van der Waals surface area contributed by atoms with Crippen LogP contribution in [0, 0.1) is 12.8 Å². The van der Waals surface area contributed by atoms with Gasteiger partial charge in [-0.25, -0.2) is 4.79 Å². The van der Waals surface area contributed by atoms with Gasteiger partial charge in [0.1, 0.15) is 0 Å². The van der Waals surface area contributed by atoms with Crippen LogP contribution in [0.15, 0.2) is 18.2 Å². The topological polar surface area (TPSA) is 90.4 Å². The molecule has 1 aromatic carbocycles. The number of aliphatic carboxylic acids is 1. The van der Waals surface area contributed by atoms with Crippen LogP contribution in [0.3, 0.4) is 0 Å². The molecule has 0 saturated carbocycles. The van der Waals surface area contributed by atoms with Crippen molar-refractivity contribution in [2.75, 3.05) is 39.3 Å². The SMILES string of the molecule is Cc1ccc(CN2CCN(C(=O)OC(C)C(F)(F)F)CC2)c(C(=O)N2CCC(C(=O)O)CC2)c1. The van der Waals surface area contributed by atoms with E-state index in [0.29, 0.717) is 51.1 Å². The zero-order valence-electron chi connectivity index (χ0n) is 19.3. The van der Waals surface area contributed by atoms with Crippen LogP contribution in [0.1, 0.15) is 41.3 Å². The van der Waals surface area contributed by atoms with Gasteiger partial charge in [0, 0.05) is 51.4 Å². The summed E-state index contributed by atoms with van der Waals surface area (Å²) in [5, 5.41) is 9.18. The molecule has 2 amide bonds. The molecule has 2 saturated heterocycles.